The fraction of sp³-hybridized carbons (Fsp3) is 0.370. The lowest BCUT2D eigenvalue weighted by atomic mass is 10.1. The molecule has 0 saturated heterocycles. The molecule has 188 valence electrons. The molecule has 0 unspecified atom stereocenters. The predicted octanol–water partition coefficient (Wildman–Crippen LogP) is 4.33. The molecule has 0 bridgehead atoms. The van der Waals surface area contributed by atoms with Crippen molar-refractivity contribution in [3.05, 3.63) is 41.5 Å². The van der Waals surface area contributed by atoms with Gasteiger partial charge in [-0.3, -0.25) is 0 Å². The lowest BCUT2D eigenvalue weighted by molar-refractivity contribution is 0.150. The average Bonchev–Trinajstić information content (AvgIpc) is 2.88. The molecule has 0 aliphatic carbocycles. The van der Waals surface area contributed by atoms with Crippen LogP contribution in [0.4, 0.5) is 4.79 Å². The van der Waals surface area contributed by atoms with E-state index in [9.17, 15) is 4.79 Å². The largest absolute Gasteiger partial charge is 0.493 e. The minimum Gasteiger partial charge on any atom is -0.493 e. The maximum Gasteiger partial charge on any atom is 0.415 e. The summed E-state index contributed by atoms with van der Waals surface area (Å²) in [6, 6.07) is 9.07. The van der Waals surface area contributed by atoms with Crippen molar-refractivity contribution in [1.82, 2.24) is 10.2 Å². The standard InChI is InChI=1S/C27H34N2O6/c1-7-8-9-15-29(16-14-28-2)27(30)35-23-17-20(12-13-22(23)31-3)10-11-21-18-24(32-4)26(34-6)25(19-21)33-5/h1,10-13,17-19,28H,8-9,14-16H2,2-6H3/b11-10-. The van der Waals surface area contributed by atoms with E-state index in [0.29, 0.717) is 61.2 Å². The Morgan fingerprint density at radius 1 is 0.914 bits per heavy atom. The molecule has 8 heteroatoms. The molecule has 2 rings (SSSR count). The Morgan fingerprint density at radius 2 is 1.54 bits per heavy atom. The zero-order valence-electron chi connectivity index (χ0n) is 21.1. The van der Waals surface area contributed by atoms with Crippen molar-refractivity contribution in [3.8, 4) is 41.1 Å². The highest BCUT2D eigenvalue weighted by molar-refractivity contribution is 5.75. The molecule has 0 aliphatic rings. The molecule has 1 amide bonds. The summed E-state index contributed by atoms with van der Waals surface area (Å²) in [5.74, 6) is 5.02. The molecule has 2 aromatic rings. The van der Waals surface area contributed by atoms with E-state index in [4.69, 9.17) is 30.1 Å². The van der Waals surface area contributed by atoms with Gasteiger partial charge in [-0.15, -0.1) is 12.3 Å². The summed E-state index contributed by atoms with van der Waals surface area (Å²) >= 11 is 0. The molecule has 0 atom stereocenters. The molecule has 0 aromatic heterocycles. The summed E-state index contributed by atoms with van der Waals surface area (Å²) in [7, 11) is 8.06. The minimum atomic E-state index is -0.457. The Labute approximate surface area is 207 Å². The van der Waals surface area contributed by atoms with E-state index < -0.39 is 6.09 Å². The van der Waals surface area contributed by atoms with Crippen LogP contribution in [0.3, 0.4) is 0 Å². The zero-order valence-corrected chi connectivity index (χ0v) is 21.1. The van der Waals surface area contributed by atoms with Crippen molar-refractivity contribution in [2.75, 3.05) is 55.1 Å². The number of hydrogen-bond acceptors (Lipinski definition) is 7. The summed E-state index contributed by atoms with van der Waals surface area (Å²) in [4.78, 5) is 14.5. The number of benzene rings is 2. The van der Waals surface area contributed by atoms with Gasteiger partial charge >= 0.3 is 6.09 Å². The number of likely N-dealkylation sites (N-methyl/N-ethyl adjacent to an activating group) is 1. The third kappa shape index (κ3) is 7.87. The molecular formula is C27H34N2O6. The summed E-state index contributed by atoms with van der Waals surface area (Å²) in [5.41, 5.74) is 1.66. The van der Waals surface area contributed by atoms with Crippen LogP contribution < -0.4 is 29.0 Å². The number of rotatable bonds is 13. The maximum atomic E-state index is 12.9. The lowest BCUT2D eigenvalue weighted by Gasteiger charge is -2.22. The van der Waals surface area contributed by atoms with E-state index in [1.54, 1.807) is 38.4 Å². The molecule has 0 saturated carbocycles. The van der Waals surface area contributed by atoms with E-state index in [1.165, 1.54) is 7.11 Å². The first-order valence-corrected chi connectivity index (χ1v) is 11.2. The fourth-order valence-electron chi connectivity index (χ4n) is 3.34. The van der Waals surface area contributed by atoms with Crippen molar-refractivity contribution in [2.45, 2.75) is 12.8 Å². The van der Waals surface area contributed by atoms with Gasteiger partial charge in [0.2, 0.25) is 5.75 Å². The third-order valence-corrected chi connectivity index (χ3v) is 5.18. The number of ether oxygens (including phenoxy) is 5. The number of unbranched alkanes of at least 4 members (excludes halogenated alkanes) is 1. The summed E-state index contributed by atoms with van der Waals surface area (Å²) in [6.45, 7) is 1.65. The van der Waals surface area contributed by atoms with Gasteiger partial charge in [0.05, 0.1) is 28.4 Å². The first-order chi connectivity index (χ1) is 17.0. The van der Waals surface area contributed by atoms with Crippen LogP contribution in [0.5, 0.6) is 28.7 Å². The van der Waals surface area contributed by atoms with E-state index in [1.807, 2.05) is 37.4 Å². The first-order valence-electron chi connectivity index (χ1n) is 11.2. The molecule has 0 radical (unpaired) electrons. The third-order valence-electron chi connectivity index (χ3n) is 5.18. The predicted molar refractivity (Wildman–Crippen MR) is 138 cm³/mol. The van der Waals surface area contributed by atoms with E-state index in [-0.39, 0.29) is 0 Å². The van der Waals surface area contributed by atoms with Crippen LogP contribution in [-0.2, 0) is 0 Å². The van der Waals surface area contributed by atoms with Crippen LogP contribution in [0.1, 0.15) is 24.0 Å². The second kappa shape index (κ2) is 14.4. The smallest absolute Gasteiger partial charge is 0.415 e. The number of carbonyl (C=O) groups is 1. The highest BCUT2D eigenvalue weighted by Crippen LogP contribution is 2.38. The summed E-state index contributed by atoms with van der Waals surface area (Å²) in [5, 5.41) is 3.05. The molecule has 0 aliphatic heterocycles. The van der Waals surface area contributed by atoms with Gasteiger partial charge in [-0.25, -0.2) is 4.79 Å². The number of hydrogen-bond donors (Lipinski definition) is 1. The van der Waals surface area contributed by atoms with Gasteiger partial charge in [0, 0.05) is 26.1 Å². The molecule has 0 fully saturated rings. The van der Waals surface area contributed by atoms with Gasteiger partial charge in [0.25, 0.3) is 0 Å². The molecule has 2 aromatic carbocycles. The Kier molecular flexibility index (Phi) is 11.3. The Morgan fingerprint density at radius 3 is 2.11 bits per heavy atom. The van der Waals surface area contributed by atoms with E-state index >= 15 is 0 Å². The number of methoxy groups -OCH3 is 4. The highest BCUT2D eigenvalue weighted by atomic mass is 16.6. The Hall–Kier alpha value is -3.83. The van der Waals surface area contributed by atoms with E-state index in [2.05, 4.69) is 11.2 Å². The van der Waals surface area contributed by atoms with Gasteiger partial charge in [0.15, 0.2) is 23.0 Å². The second-order valence-corrected chi connectivity index (χ2v) is 7.47. The number of terminal acetylenes is 1. The molecular weight excluding hydrogens is 448 g/mol. The van der Waals surface area contributed by atoms with Gasteiger partial charge in [-0.1, -0.05) is 18.2 Å². The number of carbonyl (C=O) groups excluding carboxylic acids is 1. The number of amides is 1. The number of nitrogens with one attached hydrogen (secondary N) is 1. The quantitative estimate of drug-likeness (QED) is 0.259. The van der Waals surface area contributed by atoms with Crippen molar-refractivity contribution in [2.24, 2.45) is 0 Å². The Bertz CT molecular complexity index is 1020. The van der Waals surface area contributed by atoms with Crippen LogP contribution in [0.2, 0.25) is 0 Å². The Balaban J connectivity index is 2.27. The van der Waals surface area contributed by atoms with Gasteiger partial charge < -0.3 is 33.9 Å². The van der Waals surface area contributed by atoms with Crippen LogP contribution in [-0.4, -0.2) is 66.1 Å². The van der Waals surface area contributed by atoms with Gasteiger partial charge in [-0.2, -0.15) is 0 Å². The minimum absolute atomic E-state index is 0.330. The second-order valence-electron chi connectivity index (χ2n) is 7.47. The molecule has 0 spiro atoms. The van der Waals surface area contributed by atoms with Crippen molar-refractivity contribution in [1.29, 1.82) is 0 Å². The zero-order chi connectivity index (χ0) is 25.6. The maximum absolute atomic E-state index is 12.9. The van der Waals surface area contributed by atoms with Crippen molar-refractivity contribution >= 4 is 18.2 Å². The van der Waals surface area contributed by atoms with Gasteiger partial charge in [-0.05, 0) is 48.9 Å². The SMILES string of the molecule is C#CCCCN(CCNC)C(=O)Oc1cc(/C=C\c2cc(OC)c(OC)c(OC)c2)ccc1OC. The van der Waals surface area contributed by atoms with E-state index in [0.717, 1.165) is 11.1 Å². The van der Waals surface area contributed by atoms with Crippen LogP contribution in [0, 0.1) is 12.3 Å². The van der Waals surface area contributed by atoms with Gasteiger partial charge in [0.1, 0.15) is 0 Å². The average molecular weight is 483 g/mol. The molecule has 35 heavy (non-hydrogen) atoms. The van der Waals surface area contributed by atoms with Crippen LogP contribution in [0.25, 0.3) is 12.2 Å². The summed E-state index contributed by atoms with van der Waals surface area (Å²) < 4.78 is 27.3. The molecule has 0 heterocycles. The number of nitrogens with zero attached hydrogens (tertiary/aromatic N) is 1. The van der Waals surface area contributed by atoms with Crippen LogP contribution in [0.15, 0.2) is 30.3 Å². The van der Waals surface area contributed by atoms with Crippen molar-refractivity contribution < 1.29 is 28.5 Å². The lowest BCUT2D eigenvalue weighted by Crippen LogP contribution is -2.38. The van der Waals surface area contributed by atoms with Crippen molar-refractivity contribution in [3.63, 3.8) is 0 Å². The molecule has 1 N–H and O–H groups in total. The molecule has 8 nitrogen and oxygen atoms in total. The fourth-order valence-corrected chi connectivity index (χ4v) is 3.34. The monoisotopic (exact) mass is 482 g/mol. The first kappa shape index (κ1) is 27.4. The summed E-state index contributed by atoms with van der Waals surface area (Å²) in [6.07, 6.45) is 9.97. The highest BCUT2D eigenvalue weighted by Gasteiger charge is 2.18. The normalized spacial score (nSPS) is 10.5. The topological polar surface area (TPSA) is 78.5 Å². The van der Waals surface area contributed by atoms with Crippen LogP contribution >= 0.6 is 0 Å².